The summed E-state index contributed by atoms with van der Waals surface area (Å²) < 4.78 is 0. The van der Waals surface area contributed by atoms with Crippen LogP contribution in [-0.2, 0) is 0 Å². The van der Waals surface area contributed by atoms with Crippen molar-refractivity contribution in [2.45, 2.75) is 90.6 Å². The summed E-state index contributed by atoms with van der Waals surface area (Å²) in [5.74, 6) is 1.29. The van der Waals surface area contributed by atoms with E-state index >= 15 is 0 Å². The Bertz CT molecular complexity index is 343. The molecular weight excluding hydrogens is 266 g/mol. The molecule has 1 saturated heterocycles. The van der Waals surface area contributed by atoms with Crippen LogP contribution in [0.25, 0.3) is 0 Å². The van der Waals surface area contributed by atoms with Gasteiger partial charge in [-0.2, -0.15) is 0 Å². The maximum atomic E-state index is 3.69. The number of hydrogen-bond donors (Lipinski definition) is 0. The standard InChI is InChI=1S/C21H35N/c1-4-5-6-7-8-9-10-11-16-20-17-22(18(2)3)21(20)19-14-12-13-15-19/h12-15,18-21H,4-11,16H2,1-3H3. The molecule has 1 heterocycles. The Labute approximate surface area is 138 Å². The normalized spacial score (nSPS) is 25.3. The molecule has 124 valence electrons. The van der Waals surface area contributed by atoms with Gasteiger partial charge in [-0.25, -0.2) is 0 Å². The molecule has 0 N–H and O–H groups in total. The van der Waals surface area contributed by atoms with E-state index in [1.165, 1.54) is 57.8 Å². The van der Waals surface area contributed by atoms with E-state index in [1.807, 2.05) is 0 Å². The Hall–Kier alpha value is -0.560. The van der Waals surface area contributed by atoms with Gasteiger partial charge in [0.2, 0.25) is 0 Å². The smallest absolute Gasteiger partial charge is 0.0671 e. The average Bonchev–Trinajstić information content (AvgIpc) is 2.97. The number of unbranched alkanes of at least 4 members (excludes halogenated alkanes) is 7. The van der Waals surface area contributed by atoms with Gasteiger partial charge in [-0.1, -0.05) is 82.6 Å². The van der Waals surface area contributed by atoms with Crippen molar-refractivity contribution < 1.29 is 0 Å². The second kappa shape index (κ2) is 9.55. The molecule has 0 spiro atoms. The van der Waals surface area contributed by atoms with Gasteiger partial charge in [0.05, 0.1) is 6.54 Å². The molecule has 22 heavy (non-hydrogen) atoms. The largest absolute Gasteiger partial charge is 0.287 e. The maximum absolute atomic E-state index is 3.69. The first-order valence-electron chi connectivity index (χ1n) is 9.63. The third kappa shape index (κ3) is 4.98. The third-order valence-electron chi connectivity index (χ3n) is 5.15. The van der Waals surface area contributed by atoms with Crippen LogP contribution >= 0.6 is 0 Å². The molecule has 1 heteroatoms. The van der Waals surface area contributed by atoms with Gasteiger partial charge >= 0.3 is 0 Å². The fraction of sp³-hybridized carbons (Fsp3) is 0.762. The number of likely N-dealkylation sites (tertiary alicyclic amines) is 1. The zero-order valence-electron chi connectivity index (χ0n) is 14.9. The zero-order chi connectivity index (χ0) is 15.8. The lowest BCUT2D eigenvalue weighted by Gasteiger charge is -2.51. The molecule has 1 aliphatic carbocycles. The highest BCUT2D eigenvalue weighted by Gasteiger charge is 2.43. The lowest BCUT2D eigenvalue weighted by Crippen LogP contribution is -2.57. The van der Waals surface area contributed by atoms with Crippen LogP contribution in [0, 0.1) is 18.4 Å². The van der Waals surface area contributed by atoms with Crippen molar-refractivity contribution in [3.05, 3.63) is 30.8 Å². The van der Waals surface area contributed by atoms with Gasteiger partial charge in [0, 0.05) is 18.0 Å². The van der Waals surface area contributed by atoms with Crippen LogP contribution in [0.4, 0.5) is 0 Å². The molecule has 2 radical (unpaired) electrons. The molecular formula is C21H35N. The Balaban J connectivity index is 1.61. The van der Waals surface area contributed by atoms with E-state index in [-0.39, 0.29) is 0 Å². The fourth-order valence-electron chi connectivity index (χ4n) is 3.82. The van der Waals surface area contributed by atoms with E-state index in [2.05, 4.69) is 56.5 Å². The Morgan fingerprint density at radius 3 is 2.09 bits per heavy atom. The summed E-state index contributed by atoms with van der Waals surface area (Å²) in [6, 6.07) is 1.25. The molecule has 2 unspecified atom stereocenters. The molecule has 1 aliphatic heterocycles. The second-order valence-electron chi connectivity index (χ2n) is 7.34. The van der Waals surface area contributed by atoms with Crippen LogP contribution in [0.3, 0.4) is 0 Å². The van der Waals surface area contributed by atoms with Crippen molar-refractivity contribution in [3.8, 4) is 0 Å². The van der Waals surface area contributed by atoms with Crippen molar-refractivity contribution in [2.75, 3.05) is 0 Å². The van der Waals surface area contributed by atoms with Crippen LogP contribution in [0.2, 0.25) is 0 Å². The summed E-state index contributed by atoms with van der Waals surface area (Å²) in [5.41, 5.74) is 0. The molecule has 0 bridgehead atoms. The molecule has 1 fully saturated rings. The van der Waals surface area contributed by atoms with Gasteiger partial charge in [0.15, 0.2) is 0 Å². The van der Waals surface area contributed by atoms with Crippen LogP contribution in [0.1, 0.15) is 78.6 Å². The molecule has 0 amide bonds. The van der Waals surface area contributed by atoms with Gasteiger partial charge < -0.3 is 0 Å². The number of rotatable bonds is 11. The first-order valence-corrected chi connectivity index (χ1v) is 9.63. The van der Waals surface area contributed by atoms with Crippen molar-refractivity contribution in [1.29, 1.82) is 0 Å². The molecule has 2 rings (SSSR count). The zero-order valence-corrected chi connectivity index (χ0v) is 14.9. The molecule has 1 nitrogen and oxygen atoms in total. The minimum atomic E-state index is 0.585. The van der Waals surface area contributed by atoms with Crippen molar-refractivity contribution in [3.63, 3.8) is 0 Å². The predicted octanol–water partition coefficient (Wildman–Crippen LogP) is 6.01. The van der Waals surface area contributed by atoms with Gasteiger partial charge in [0.1, 0.15) is 0 Å². The monoisotopic (exact) mass is 301 g/mol. The number of hydrogen-bond acceptors (Lipinski definition) is 1. The van der Waals surface area contributed by atoms with Crippen molar-refractivity contribution >= 4 is 0 Å². The van der Waals surface area contributed by atoms with E-state index in [0.717, 1.165) is 0 Å². The third-order valence-corrected chi connectivity index (χ3v) is 5.15. The molecule has 2 aliphatic rings. The minimum Gasteiger partial charge on any atom is -0.287 e. The SMILES string of the molecule is CCCCCCCCCCC1[C]N(C(C)C)C1C1C=CC=C1. The van der Waals surface area contributed by atoms with Crippen molar-refractivity contribution in [2.24, 2.45) is 11.8 Å². The van der Waals surface area contributed by atoms with E-state index in [1.54, 1.807) is 0 Å². The summed E-state index contributed by atoms with van der Waals surface area (Å²) >= 11 is 0. The first-order chi connectivity index (χ1) is 10.7. The van der Waals surface area contributed by atoms with Gasteiger partial charge in [-0.15, -0.1) is 0 Å². The van der Waals surface area contributed by atoms with E-state index in [4.69, 9.17) is 0 Å². The molecule has 2 atom stereocenters. The predicted molar refractivity (Wildman–Crippen MR) is 96.5 cm³/mol. The highest BCUT2D eigenvalue weighted by Crippen LogP contribution is 2.41. The summed E-state index contributed by atoms with van der Waals surface area (Å²) in [7, 11) is 0. The highest BCUT2D eigenvalue weighted by atomic mass is 15.2. The molecule has 0 aromatic carbocycles. The minimum absolute atomic E-state index is 0.585. The van der Waals surface area contributed by atoms with Crippen LogP contribution in [-0.4, -0.2) is 17.0 Å². The molecule has 0 saturated carbocycles. The summed E-state index contributed by atoms with van der Waals surface area (Å²) in [6.07, 6.45) is 21.8. The lowest BCUT2D eigenvalue weighted by atomic mass is 9.76. The van der Waals surface area contributed by atoms with Crippen LogP contribution < -0.4 is 0 Å². The fourth-order valence-corrected chi connectivity index (χ4v) is 3.82. The first kappa shape index (κ1) is 17.8. The molecule has 0 aromatic heterocycles. The van der Waals surface area contributed by atoms with Crippen LogP contribution in [0.5, 0.6) is 0 Å². The second-order valence-corrected chi connectivity index (χ2v) is 7.34. The highest BCUT2D eigenvalue weighted by molar-refractivity contribution is 5.23. The van der Waals surface area contributed by atoms with E-state index in [0.29, 0.717) is 23.9 Å². The number of nitrogens with zero attached hydrogens (tertiary/aromatic N) is 1. The average molecular weight is 302 g/mol. The molecule has 0 aromatic rings. The quantitative estimate of drug-likeness (QED) is 0.423. The lowest BCUT2D eigenvalue weighted by molar-refractivity contribution is 0.0198. The maximum Gasteiger partial charge on any atom is 0.0671 e. The Kier molecular flexibility index (Phi) is 7.72. The Morgan fingerprint density at radius 2 is 1.50 bits per heavy atom. The summed E-state index contributed by atoms with van der Waals surface area (Å²) in [5, 5.41) is 0. The Morgan fingerprint density at radius 1 is 0.909 bits per heavy atom. The number of allylic oxidation sites excluding steroid dienone is 2. The topological polar surface area (TPSA) is 3.24 Å². The summed E-state index contributed by atoms with van der Waals surface area (Å²) in [4.78, 5) is 2.46. The van der Waals surface area contributed by atoms with Crippen LogP contribution in [0.15, 0.2) is 24.3 Å². The van der Waals surface area contributed by atoms with Gasteiger partial charge in [-0.05, 0) is 26.2 Å². The van der Waals surface area contributed by atoms with E-state index < -0.39 is 0 Å². The van der Waals surface area contributed by atoms with E-state index in [9.17, 15) is 0 Å². The summed E-state index contributed by atoms with van der Waals surface area (Å²) in [6.45, 7) is 10.6. The van der Waals surface area contributed by atoms with Gasteiger partial charge in [-0.3, -0.25) is 4.90 Å². The van der Waals surface area contributed by atoms with Crippen molar-refractivity contribution in [1.82, 2.24) is 4.90 Å². The van der Waals surface area contributed by atoms with Gasteiger partial charge in [0.25, 0.3) is 0 Å².